The second-order valence-electron chi connectivity index (χ2n) is 6.85. The van der Waals surface area contributed by atoms with Gasteiger partial charge in [0.25, 0.3) is 11.8 Å². The summed E-state index contributed by atoms with van der Waals surface area (Å²) in [6.45, 7) is 1.79. The highest BCUT2D eigenvalue weighted by Crippen LogP contribution is 2.28. The van der Waals surface area contributed by atoms with E-state index < -0.39 is 5.91 Å². The fourth-order valence-corrected chi connectivity index (χ4v) is 3.34. The van der Waals surface area contributed by atoms with Crippen molar-refractivity contribution in [3.8, 4) is 17.2 Å². The minimum Gasteiger partial charge on any atom is -0.493 e. The van der Waals surface area contributed by atoms with Crippen LogP contribution in [-0.2, 0) is 14.3 Å². The van der Waals surface area contributed by atoms with Crippen molar-refractivity contribution in [2.45, 2.75) is 0 Å². The smallest absolute Gasteiger partial charge is 0.277 e. The topological polar surface area (TPSA) is 98.7 Å². The van der Waals surface area contributed by atoms with E-state index in [0.29, 0.717) is 59.2 Å². The highest BCUT2D eigenvalue weighted by molar-refractivity contribution is 6.35. The second-order valence-corrected chi connectivity index (χ2v) is 7.69. The van der Waals surface area contributed by atoms with Crippen LogP contribution in [0.15, 0.2) is 41.5 Å². The van der Waals surface area contributed by atoms with E-state index in [-0.39, 0.29) is 19.1 Å². The molecule has 1 aliphatic rings. The predicted octanol–water partition coefficient (Wildman–Crippen LogP) is 2.77. The normalized spacial score (nSPS) is 13.6. The number of hydrogen-bond acceptors (Lipinski definition) is 7. The standard InChI is InChI=1S/C22H23Cl2N3O6/c1-30-20-10-15(2-4-19(20)33-14-22(29)27-6-8-31-9-7-27)12-25-26-21(28)13-32-18-5-3-16(23)11-17(18)24/h2-5,10-12H,6-9,13-14H2,1H3,(H,26,28)/b25-12+. The molecule has 0 aliphatic carbocycles. The van der Waals surface area contributed by atoms with E-state index in [2.05, 4.69) is 10.5 Å². The molecule has 1 aliphatic heterocycles. The molecule has 9 nitrogen and oxygen atoms in total. The van der Waals surface area contributed by atoms with Gasteiger partial charge in [0.2, 0.25) is 0 Å². The molecule has 176 valence electrons. The molecule has 0 unspecified atom stereocenters. The van der Waals surface area contributed by atoms with Gasteiger partial charge in [-0.15, -0.1) is 0 Å². The molecule has 2 aromatic carbocycles. The molecule has 33 heavy (non-hydrogen) atoms. The van der Waals surface area contributed by atoms with Gasteiger partial charge in [-0.3, -0.25) is 9.59 Å². The van der Waals surface area contributed by atoms with Gasteiger partial charge in [-0.1, -0.05) is 23.2 Å². The Bertz CT molecular complexity index is 1010. The molecular weight excluding hydrogens is 473 g/mol. The quantitative estimate of drug-likeness (QED) is 0.424. The van der Waals surface area contributed by atoms with Crippen molar-refractivity contribution in [2.24, 2.45) is 5.10 Å². The molecule has 0 radical (unpaired) electrons. The van der Waals surface area contributed by atoms with Gasteiger partial charge in [0.1, 0.15) is 5.75 Å². The molecule has 1 heterocycles. The Morgan fingerprint density at radius 1 is 1.06 bits per heavy atom. The molecule has 2 amide bonds. The van der Waals surface area contributed by atoms with Gasteiger partial charge in [-0.25, -0.2) is 5.43 Å². The van der Waals surface area contributed by atoms with Gasteiger partial charge in [0.15, 0.2) is 24.7 Å². The van der Waals surface area contributed by atoms with Crippen molar-refractivity contribution < 1.29 is 28.5 Å². The third kappa shape index (κ3) is 7.52. The molecule has 1 N–H and O–H groups in total. The molecule has 0 bridgehead atoms. The fourth-order valence-electron chi connectivity index (χ4n) is 2.87. The van der Waals surface area contributed by atoms with E-state index >= 15 is 0 Å². The molecule has 0 spiro atoms. The number of nitrogens with one attached hydrogen (secondary N) is 1. The van der Waals surface area contributed by atoms with E-state index in [1.807, 2.05) is 0 Å². The van der Waals surface area contributed by atoms with Crippen molar-refractivity contribution in [3.63, 3.8) is 0 Å². The van der Waals surface area contributed by atoms with Crippen LogP contribution < -0.4 is 19.6 Å². The number of benzene rings is 2. The van der Waals surface area contributed by atoms with Gasteiger partial charge in [0, 0.05) is 18.1 Å². The largest absolute Gasteiger partial charge is 0.493 e. The van der Waals surface area contributed by atoms with E-state index in [1.165, 1.54) is 19.4 Å². The van der Waals surface area contributed by atoms with Crippen LogP contribution in [0.2, 0.25) is 10.0 Å². The Labute approximate surface area is 201 Å². The van der Waals surface area contributed by atoms with E-state index in [1.54, 1.807) is 35.2 Å². The summed E-state index contributed by atoms with van der Waals surface area (Å²) in [7, 11) is 1.49. The third-order valence-corrected chi connectivity index (χ3v) is 5.09. The van der Waals surface area contributed by atoms with Crippen LogP contribution in [0.25, 0.3) is 0 Å². The zero-order valence-electron chi connectivity index (χ0n) is 17.9. The Hall–Kier alpha value is -3.01. The second kappa shape index (κ2) is 12.3. The Morgan fingerprint density at radius 2 is 1.79 bits per heavy atom. The van der Waals surface area contributed by atoms with Crippen molar-refractivity contribution >= 4 is 41.2 Å². The van der Waals surface area contributed by atoms with E-state index in [4.69, 9.17) is 42.1 Å². The first-order valence-corrected chi connectivity index (χ1v) is 10.8. The lowest BCUT2D eigenvalue weighted by molar-refractivity contribution is -0.137. The van der Waals surface area contributed by atoms with Crippen LogP contribution >= 0.6 is 23.2 Å². The number of nitrogens with zero attached hydrogens (tertiary/aromatic N) is 2. The average molecular weight is 496 g/mol. The number of carbonyl (C=O) groups is 2. The zero-order chi connectivity index (χ0) is 23.6. The molecule has 0 aromatic heterocycles. The van der Waals surface area contributed by atoms with Gasteiger partial charge in [-0.05, 0) is 42.0 Å². The predicted molar refractivity (Wildman–Crippen MR) is 124 cm³/mol. The molecule has 2 aromatic rings. The number of methoxy groups -OCH3 is 1. The maximum absolute atomic E-state index is 12.2. The lowest BCUT2D eigenvalue weighted by Gasteiger charge is -2.26. The van der Waals surface area contributed by atoms with Crippen LogP contribution in [0, 0.1) is 0 Å². The van der Waals surface area contributed by atoms with Gasteiger partial charge < -0.3 is 23.8 Å². The molecule has 11 heteroatoms. The Kier molecular flexibility index (Phi) is 9.17. The summed E-state index contributed by atoms with van der Waals surface area (Å²) in [4.78, 5) is 25.9. The SMILES string of the molecule is COc1cc(/C=N/NC(=O)COc2ccc(Cl)cc2Cl)ccc1OCC(=O)N1CCOCC1. The van der Waals surface area contributed by atoms with Crippen molar-refractivity contribution in [1.82, 2.24) is 10.3 Å². The lowest BCUT2D eigenvalue weighted by Crippen LogP contribution is -2.43. The number of amides is 2. The first-order valence-electron chi connectivity index (χ1n) is 10.0. The maximum atomic E-state index is 12.2. The highest BCUT2D eigenvalue weighted by atomic mass is 35.5. The molecular formula is C22H23Cl2N3O6. The van der Waals surface area contributed by atoms with Crippen LogP contribution in [0.5, 0.6) is 17.2 Å². The van der Waals surface area contributed by atoms with Gasteiger partial charge >= 0.3 is 0 Å². The van der Waals surface area contributed by atoms with Crippen LogP contribution in [0.3, 0.4) is 0 Å². The molecule has 3 rings (SSSR count). The molecule has 1 saturated heterocycles. The first kappa shape index (κ1) is 24.6. The van der Waals surface area contributed by atoms with Crippen molar-refractivity contribution in [3.05, 3.63) is 52.0 Å². The maximum Gasteiger partial charge on any atom is 0.277 e. The van der Waals surface area contributed by atoms with Gasteiger partial charge in [-0.2, -0.15) is 5.10 Å². The summed E-state index contributed by atoms with van der Waals surface area (Å²) in [5, 5.41) is 4.68. The number of hydrazone groups is 1. The van der Waals surface area contributed by atoms with Crippen LogP contribution in [0.4, 0.5) is 0 Å². The summed E-state index contributed by atoms with van der Waals surface area (Å²) in [5.74, 6) is 0.614. The number of hydrogen-bond donors (Lipinski definition) is 1. The van der Waals surface area contributed by atoms with Crippen LogP contribution in [0.1, 0.15) is 5.56 Å². The monoisotopic (exact) mass is 495 g/mol. The van der Waals surface area contributed by atoms with Gasteiger partial charge in [0.05, 0.1) is 31.6 Å². The number of ether oxygens (including phenoxy) is 4. The summed E-state index contributed by atoms with van der Waals surface area (Å²) < 4.78 is 21.6. The first-order chi connectivity index (χ1) is 16.0. The summed E-state index contributed by atoms with van der Waals surface area (Å²) in [5.41, 5.74) is 3.02. The summed E-state index contributed by atoms with van der Waals surface area (Å²) in [6.07, 6.45) is 1.44. The molecule has 0 saturated carbocycles. The number of carbonyl (C=O) groups excluding carboxylic acids is 2. The summed E-state index contributed by atoms with van der Waals surface area (Å²) in [6, 6.07) is 9.77. The Balaban J connectivity index is 1.48. The van der Waals surface area contributed by atoms with Crippen molar-refractivity contribution in [1.29, 1.82) is 0 Å². The number of halogens is 2. The molecule has 0 atom stereocenters. The molecule has 1 fully saturated rings. The lowest BCUT2D eigenvalue weighted by atomic mass is 10.2. The zero-order valence-corrected chi connectivity index (χ0v) is 19.4. The minimum atomic E-state index is -0.467. The average Bonchev–Trinajstić information content (AvgIpc) is 2.82. The highest BCUT2D eigenvalue weighted by Gasteiger charge is 2.18. The summed E-state index contributed by atoms with van der Waals surface area (Å²) >= 11 is 11.8. The van der Waals surface area contributed by atoms with Crippen molar-refractivity contribution in [2.75, 3.05) is 46.6 Å². The Morgan fingerprint density at radius 3 is 2.52 bits per heavy atom. The number of rotatable bonds is 9. The van der Waals surface area contributed by atoms with E-state index in [9.17, 15) is 9.59 Å². The van der Waals surface area contributed by atoms with Crippen LogP contribution in [-0.4, -0.2) is 69.6 Å². The number of morpholine rings is 1. The minimum absolute atomic E-state index is 0.0997. The third-order valence-electron chi connectivity index (χ3n) is 4.56. The fraction of sp³-hybridized carbons (Fsp3) is 0.318. The van der Waals surface area contributed by atoms with E-state index in [0.717, 1.165) is 0 Å².